The number of halogens is 3. The number of ether oxygens (including phenoxy) is 3. The number of sulfonamides is 3. The minimum atomic E-state index is -3.72. The maximum atomic E-state index is 13.1. The Bertz CT molecular complexity index is 5190. The molecule has 17 rings (SSSR count). The van der Waals surface area contributed by atoms with Crippen LogP contribution in [-0.2, 0) is 44.3 Å². The fourth-order valence-corrected chi connectivity index (χ4v) is 23.4. The number of nitrogens with zero attached hydrogens (tertiary/aromatic N) is 6. The predicted octanol–water partition coefficient (Wildman–Crippen LogP) is 17.0. The highest BCUT2D eigenvalue weighted by Crippen LogP contribution is 2.44. The number of nitrogens with one attached hydrogen (secondary N) is 9. The number of amides is 3. The van der Waals surface area contributed by atoms with Gasteiger partial charge in [-0.15, -0.1) is 45.3 Å². The summed E-state index contributed by atoms with van der Waals surface area (Å²) in [5.41, 5.74) is 20.6. The number of aliphatic hydroxyl groups excluding tert-OH is 1. The molecule has 31 nitrogen and oxygen atoms in total. The number of imidazole rings is 2. The number of hydrogen-bond donors (Lipinski definition) is 13. The molecule has 8 saturated carbocycles. The molecule has 0 spiro atoms. The van der Waals surface area contributed by atoms with E-state index in [1.807, 2.05) is 18.5 Å². The lowest BCUT2D eigenvalue weighted by Gasteiger charge is -2.27. The Morgan fingerprint density at radius 2 is 0.813 bits per heavy atom. The molecular weight excluding hydrogens is 1910 g/mol. The Morgan fingerprint density at radius 1 is 0.455 bits per heavy atom. The van der Waals surface area contributed by atoms with Gasteiger partial charge >= 0.3 is 18.3 Å². The largest absolute Gasteiger partial charge is 0.446 e. The molecular formula is C82H111Br3N18O13S7. The predicted molar refractivity (Wildman–Crippen MR) is 493 cm³/mol. The van der Waals surface area contributed by atoms with Gasteiger partial charge in [-0.25, -0.2) is 83.7 Å². The van der Waals surface area contributed by atoms with Crippen LogP contribution in [-0.4, -0.2) is 157 Å². The van der Waals surface area contributed by atoms with Gasteiger partial charge in [0.1, 0.15) is 18.3 Å². The van der Waals surface area contributed by atoms with Gasteiger partial charge < -0.3 is 67.8 Å². The average Bonchev–Trinajstić information content (AvgIpc) is 1.72. The number of aromatic amines is 2. The topological polar surface area (TPSA) is 473 Å². The third-order valence-electron chi connectivity index (χ3n) is 21.1. The molecule has 0 unspecified atom stereocenters. The molecule has 3 amide bonds. The lowest BCUT2D eigenvalue weighted by atomic mass is 9.86. The first-order chi connectivity index (χ1) is 59.0. The van der Waals surface area contributed by atoms with E-state index in [9.17, 15) is 39.6 Å². The number of carbonyl (C=O) groups excluding carboxylic acids is 3. The smallest absolute Gasteiger partial charge is 0.407 e. The number of nitrogen functional groups attached to an aromatic ring is 2. The summed E-state index contributed by atoms with van der Waals surface area (Å²) >= 11 is 16.5. The Balaban J connectivity index is 0.000000152. The highest BCUT2D eigenvalue weighted by molar-refractivity contribution is 9.11. The van der Waals surface area contributed by atoms with Gasteiger partial charge in [-0.1, -0.05) is 39.0 Å². The fraction of sp³-hybridized carbons (Fsp3) is 0.524. The Labute approximate surface area is 760 Å². The number of thiazole rings is 4. The van der Waals surface area contributed by atoms with Crippen LogP contribution in [0.4, 0.5) is 37.4 Å². The first kappa shape index (κ1) is 96.5. The van der Waals surface area contributed by atoms with E-state index in [0.717, 1.165) is 173 Å². The number of aromatic nitrogens is 8. The van der Waals surface area contributed by atoms with E-state index < -0.39 is 30.1 Å². The van der Waals surface area contributed by atoms with Crippen molar-refractivity contribution in [2.24, 2.45) is 5.73 Å². The summed E-state index contributed by atoms with van der Waals surface area (Å²) in [7, 11) is -10.8. The number of carbonyl (C=O) groups is 3. The number of aliphatic hydroxyl groups is 1. The zero-order valence-corrected chi connectivity index (χ0v) is 79.6. The summed E-state index contributed by atoms with van der Waals surface area (Å²) in [5, 5.41) is 24.7. The van der Waals surface area contributed by atoms with Gasteiger partial charge in [0.2, 0.25) is 36.0 Å². The van der Waals surface area contributed by atoms with Gasteiger partial charge in [-0.05, 0) is 251 Å². The molecule has 0 aliphatic heterocycles. The van der Waals surface area contributed by atoms with Gasteiger partial charge in [-0.3, -0.25) is 0 Å². The maximum Gasteiger partial charge on any atom is 0.407 e. The molecule has 16 N–H and O–H groups in total. The highest BCUT2D eigenvalue weighted by atomic mass is 79.9. The maximum absolute atomic E-state index is 13.1. The van der Waals surface area contributed by atoms with Crippen molar-refractivity contribution in [3.8, 4) is 20.9 Å². The molecule has 3 aromatic carbocycles. The van der Waals surface area contributed by atoms with E-state index in [4.69, 9.17) is 36.5 Å². The van der Waals surface area contributed by atoms with Crippen molar-refractivity contribution in [2.75, 3.05) is 36.4 Å². The Kier molecular flexibility index (Phi) is 36.6. The van der Waals surface area contributed by atoms with E-state index >= 15 is 0 Å². The zero-order chi connectivity index (χ0) is 87.8. The van der Waals surface area contributed by atoms with Crippen LogP contribution in [0, 0.1) is 6.92 Å². The summed E-state index contributed by atoms with van der Waals surface area (Å²) in [6.07, 6.45) is 37.8. The van der Waals surface area contributed by atoms with E-state index in [2.05, 4.69) is 123 Å². The molecule has 6 heterocycles. The second-order valence-electron chi connectivity index (χ2n) is 31.3. The standard InChI is InChI=1S/C24H30N6O4S2.C21H28N4O4S2.C13H17BrN2O2S.C9H13BrN2S.C9H14N2O2S.C3H3BrN2.C3H6O/c1-2-28-36(32,33)21-13-17(29-23-25-11-12-26-23)7-10-19(21)20-14-27-22(35-20)15-3-5-16(6-4-15)30-24(31)34-18-8-9-18;1-2-24-31(27,28)19-11-14(22)5-10-17(19)18-12-23-20(30-18)13-3-6-15(7-4-13)25-21(26)29-16-8-9-16;14-11-7-15-12(19-11)8-1-3-9(4-2-8)16-13(17)18-10-5-6-10;10-8-5-12-9(13-8)6-1-3-7(11)4-2-6;1-3-11-14(12,13)9-6-8(10)5-4-7(9)2;4-3-5-1-2-6-3;4-3-1-2-3/h7,10-16,18,28H,2-6,8-9H2,1H3,(H,30,31)(H2,25,26,29);5,10-13,15-16,24H,2-4,6-9,22H2,1H3,(H,25,26);7-10H,1-6H2,(H,16,17);5-7H,1-4,11H2;4-6,11H,3,10H2,1-2H3;1-2H,(H,5,6);3-4H,1-2H2. The summed E-state index contributed by atoms with van der Waals surface area (Å²) < 4.78 is 101. The quantitative estimate of drug-likeness (QED) is 0.0209. The van der Waals surface area contributed by atoms with Gasteiger partial charge in [0.25, 0.3) is 0 Å². The molecule has 8 aliphatic rings. The van der Waals surface area contributed by atoms with Crippen molar-refractivity contribution in [1.82, 2.24) is 70.0 Å². The van der Waals surface area contributed by atoms with Crippen molar-refractivity contribution in [3.05, 3.63) is 142 Å². The summed E-state index contributed by atoms with van der Waals surface area (Å²) in [4.78, 5) is 69.4. The third kappa shape index (κ3) is 31.4. The lowest BCUT2D eigenvalue weighted by molar-refractivity contribution is 0.131. The number of aryl methyl sites for hydroxylation is 1. The summed E-state index contributed by atoms with van der Waals surface area (Å²) in [6.45, 7) is 7.93. The summed E-state index contributed by atoms with van der Waals surface area (Å²) in [5.74, 6) is 2.33. The third-order valence-corrected chi connectivity index (χ3v) is 32.1. The summed E-state index contributed by atoms with van der Waals surface area (Å²) in [6, 6.07) is 16.0. The van der Waals surface area contributed by atoms with Crippen molar-refractivity contribution < 1.29 is 59.0 Å². The Hall–Kier alpha value is -7.10. The number of anilines is 4. The number of benzene rings is 3. The van der Waals surface area contributed by atoms with Crippen LogP contribution in [0.1, 0.15) is 224 Å². The number of H-pyrrole nitrogens is 2. The Morgan fingerprint density at radius 3 is 1.16 bits per heavy atom. The van der Waals surface area contributed by atoms with Gasteiger partial charge in [0, 0.05) is 133 Å². The molecule has 0 atom stereocenters. The van der Waals surface area contributed by atoms with Crippen LogP contribution < -0.4 is 52.6 Å². The van der Waals surface area contributed by atoms with Crippen molar-refractivity contribution in [3.63, 3.8) is 0 Å². The molecule has 0 radical (unpaired) electrons. The van der Waals surface area contributed by atoms with Crippen molar-refractivity contribution >= 4 is 164 Å². The van der Waals surface area contributed by atoms with Gasteiger partial charge in [-0.2, -0.15) is 0 Å². The molecule has 6 aromatic heterocycles. The fourth-order valence-electron chi connectivity index (χ4n) is 14.0. The lowest BCUT2D eigenvalue weighted by Crippen LogP contribution is -2.38. The molecule has 0 saturated heterocycles. The van der Waals surface area contributed by atoms with Crippen molar-refractivity contribution in [2.45, 2.75) is 269 Å². The zero-order valence-electron chi connectivity index (χ0n) is 69.1. The van der Waals surface area contributed by atoms with Crippen LogP contribution >= 0.6 is 93.1 Å². The van der Waals surface area contributed by atoms with Crippen LogP contribution in [0.25, 0.3) is 20.9 Å². The van der Waals surface area contributed by atoms with E-state index in [0.29, 0.717) is 76.6 Å². The second kappa shape index (κ2) is 46.6. The average molecular weight is 2020 g/mol. The second-order valence-corrected chi connectivity index (χ2v) is 44.3. The first-order valence-electron chi connectivity index (χ1n) is 41.8. The van der Waals surface area contributed by atoms with Crippen LogP contribution in [0.3, 0.4) is 0 Å². The minimum Gasteiger partial charge on any atom is -0.446 e. The van der Waals surface area contributed by atoms with E-state index in [-0.39, 0.29) is 88.0 Å². The number of nitrogens with two attached hydrogens (primary N) is 3. The first-order valence-corrected chi connectivity index (χ1v) is 51.9. The van der Waals surface area contributed by atoms with Crippen molar-refractivity contribution in [1.29, 1.82) is 0 Å². The monoisotopic (exact) mass is 2020 g/mol. The van der Waals surface area contributed by atoms with E-state index in [1.165, 1.54) is 57.7 Å². The molecule has 41 heteroatoms. The van der Waals surface area contributed by atoms with E-state index in [1.54, 1.807) is 124 Å². The highest BCUT2D eigenvalue weighted by Gasteiger charge is 2.35. The number of hydrogen-bond acceptors (Lipinski definition) is 27. The molecule has 9 aromatic rings. The van der Waals surface area contributed by atoms with Crippen LogP contribution in [0.5, 0.6) is 0 Å². The number of alkyl carbamates (subject to hydrolysis) is 3. The molecule has 8 fully saturated rings. The molecule has 0 bridgehead atoms. The van der Waals surface area contributed by atoms with Crippen LogP contribution in [0.2, 0.25) is 0 Å². The van der Waals surface area contributed by atoms with Crippen LogP contribution in [0.15, 0.2) is 131 Å². The van der Waals surface area contributed by atoms with Gasteiger partial charge in [0.05, 0.1) is 70.5 Å². The normalized spacial score (nSPS) is 21.2. The van der Waals surface area contributed by atoms with Gasteiger partial charge in [0.15, 0.2) is 4.73 Å². The molecule has 670 valence electrons. The molecule has 123 heavy (non-hydrogen) atoms. The molecule has 8 aliphatic carbocycles. The number of rotatable bonds is 23. The SMILES string of the molecule is Brc1ncc[nH]1.CCNS(=O)(=O)c1cc(N)ccc1-c1cnc(C2CCC(NC(=O)OC3CC3)CC2)s1.CCNS(=O)(=O)c1cc(N)ccc1C.CCNS(=O)(=O)c1cc(Nc2ncc[nH]2)ccc1-c1cnc(C2CCC(NC(=O)OC3CC3)CC2)s1.NC1CCC(c2ncc(Br)s2)CC1.O=C(NC1CCC(c2ncc(Br)s2)CC1)OC1CC1.OC1CC1. The minimum absolute atomic E-state index is 0.0833.